The third-order valence-electron chi connectivity index (χ3n) is 3.94. The van der Waals surface area contributed by atoms with E-state index in [1.54, 1.807) is 12.1 Å². The van der Waals surface area contributed by atoms with Gasteiger partial charge in [0.2, 0.25) is 0 Å². The van der Waals surface area contributed by atoms with E-state index in [9.17, 15) is 4.79 Å². The number of carbonyl (C=O) groups excluding carboxylic acids is 1. The summed E-state index contributed by atoms with van der Waals surface area (Å²) < 4.78 is 6.53. The number of ether oxygens (including phenoxy) is 1. The predicted molar refractivity (Wildman–Crippen MR) is 120 cm³/mol. The van der Waals surface area contributed by atoms with Crippen LogP contribution in [0.15, 0.2) is 83.3 Å². The molecule has 2 N–H and O–H groups in total. The zero-order chi connectivity index (χ0) is 19.8. The first-order valence-electron chi connectivity index (χ1n) is 8.75. The highest BCUT2D eigenvalue weighted by Gasteiger charge is 2.11. The van der Waals surface area contributed by atoms with Gasteiger partial charge in [0, 0.05) is 22.6 Å². The second-order valence-corrected chi connectivity index (χ2v) is 7.26. The minimum absolute atomic E-state index is 0.224. The summed E-state index contributed by atoms with van der Waals surface area (Å²) >= 11 is 8.61. The highest BCUT2D eigenvalue weighted by Crippen LogP contribution is 2.18. The Hall–Kier alpha value is -2.70. The molecule has 0 aliphatic heterocycles. The number of nitrogens with one attached hydrogen (secondary N) is 2. The van der Waals surface area contributed by atoms with E-state index in [2.05, 4.69) is 38.7 Å². The van der Waals surface area contributed by atoms with Crippen LogP contribution in [0.4, 0.5) is 5.69 Å². The Labute approximate surface area is 178 Å². The summed E-state index contributed by atoms with van der Waals surface area (Å²) in [6, 6.07) is 24.8. The maximum atomic E-state index is 12.3. The molecule has 0 aromatic heterocycles. The maximum Gasteiger partial charge on any atom is 0.258 e. The molecular weight excluding hydrogens is 436 g/mol. The van der Waals surface area contributed by atoms with Gasteiger partial charge >= 0.3 is 0 Å². The number of anilines is 1. The monoisotopic (exact) mass is 454 g/mol. The number of hydrogen-bond donors (Lipinski definition) is 2. The summed E-state index contributed by atoms with van der Waals surface area (Å²) in [7, 11) is 0. The first-order chi connectivity index (χ1) is 13.6. The zero-order valence-electron chi connectivity index (χ0n) is 15.0. The molecule has 0 saturated carbocycles. The van der Waals surface area contributed by atoms with E-state index in [0.717, 1.165) is 17.9 Å². The van der Waals surface area contributed by atoms with Crippen molar-refractivity contribution >= 4 is 44.9 Å². The Morgan fingerprint density at radius 2 is 1.71 bits per heavy atom. The van der Waals surface area contributed by atoms with E-state index in [1.807, 2.05) is 54.6 Å². The van der Waals surface area contributed by atoms with Crippen LogP contribution in [0.1, 0.15) is 15.9 Å². The first kappa shape index (κ1) is 20.0. The van der Waals surface area contributed by atoms with Crippen LogP contribution in [0.25, 0.3) is 0 Å². The van der Waals surface area contributed by atoms with Crippen molar-refractivity contribution in [3.63, 3.8) is 0 Å². The lowest BCUT2D eigenvalue weighted by atomic mass is 10.2. The Balaban J connectivity index is 1.53. The number of carbonyl (C=O) groups is 1. The van der Waals surface area contributed by atoms with Gasteiger partial charge in [-0.15, -0.1) is 0 Å². The van der Waals surface area contributed by atoms with E-state index in [4.69, 9.17) is 17.0 Å². The fourth-order valence-corrected chi connectivity index (χ4v) is 3.25. The van der Waals surface area contributed by atoms with Crippen LogP contribution in [0.3, 0.4) is 0 Å². The average Bonchev–Trinajstić information content (AvgIpc) is 2.69. The normalized spacial score (nSPS) is 10.2. The molecule has 0 saturated heterocycles. The molecule has 0 spiro atoms. The molecule has 0 heterocycles. The second kappa shape index (κ2) is 10.0. The fraction of sp³-hybridized carbons (Fsp3) is 0.0909. The van der Waals surface area contributed by atoms with Crippen molar-refractivity contribution in [1.29, 1.82) is 0 Å². The Bertz CT molecular complexity index is 964. The van der Waals surface area contributed by atoms with Crippen molar-refractivity contribution in [1.82, 2.24) is 5.32 Å². The van der Waals surface area contributed by atoms with Gasteiger partial charge in [0.05, 0.1) is 12.2 Å². The molecule has 0 atom stereocenters. The maximum absolute atomic E-state index is 12.3. The lowest BCUT2D eigenvalue weighted by Crippen LogP contribution is -2.34. The molecule has 28 heavy (non-hydrogen) atoms. The highest BCUT2D eigenvalue weighted by atomic mass is 79.9. The van der Waals surface area contributed by atoms with E-state index in [1.165, 1.54) is 5.56 Å². The van der Waals surface area contributed by atoms with Gasteiger partial charge in [-0.05, 0) is 58.0 Å². The van der Waals surface area contributed by atoms with Gasteiger partial charge in [0.15, 0.2) is 5.11 Å². The van der Waals surface area contributed by atoms with Crippen molar-refractivity contribution in [2.24, 2.45) is 0 Å². The van der Waals surface area contributed by atoms with Crippen molar-refractivity contribution in [3.8, 4) is 5.75 Å². The molecule has 0 bridgehead atoms. The van der Waals surface area contributed by atoms with Crippen LogP contribution in [-0.4, -0.2) is 17.6 Å². The van der Waals surface area contributed by atoms with Crippen molar-refractivity contribution in [2.45, 2.75) is 6.42 Å². The Kier molecular flexibility index (Phi) is 7.17. The van der Waals surface area contributed by atoms with Crippen LogP contribution in [0, 0.1) is 0 Å². The van der Waals surface area contributed by atoms with Gasteiger partial charge in [-0.25, -0.2) is 0 Å². The topological polar surface area (TPSA) is 50.4 Å². The summed E-state index contributed by atoms with van der Waals surface area (Å²) in [6.07, 6.45) is 0.832. The summed E-state index contributed by atoms with van der Waals surface area (Å²) in [5.41, 5.74) is 2.49. The van der Waals surface area contributed by atoms with Crippen LogP contribution in [0.2, 0.25) is 0 Å². The lowest BCUT2D eigenvalue weighted by Gasteiger charge is -2.12. The predicted octanol–water partition coefficient (Wildman–Crippen LogP) is 5.20. The molecule has 6 heteroatoms. The van der Waals surface area contributed by atoms with Gasteiger partial charge in [0.1, 0.15) is 5.75 Å². The van der Waals surface area contributed by atoms with Gasteiger partial charge in [-0.3, -0.25) is 10.1 Å². The zero-order valence-corrected chi connectivity index (χ0v) is 17.4. The molecule has 1 amide bonds. The summed E-state index contributed by atoms with van der Waals surface area (Å²) in [6.45, 7) is 0.580. The number of rotatable bonds is 6. The molecule has 142 valence electrons. The molecule has 3 aromatic rings. The van der Waals surface area contributed by atoms with Gasteiger partial charge in [-0.2, -0.15) is 0 Å². The average molecular weight is 455 g/mol. The molecular formula is C22H19BrN2O2S. The van der Waals surface area contributed by atoms with Crippen LogP contribution in [-0.2, 0) is 6.42 Å². The van der Waals surface area contributed by atoms with Crippen LogP contribution < -0.4 is 15.4 Å². The lowest BCUT2D eigenvalue weighted by molar-refractivity contribution is 0.0977. The van der Waals surface area contributed by atoms with Crippen LogP contribution >= 0.6 is 28.1 Å². The van der Waals surface area contributed by atoms with E-state index >= 15 is 0 Å². The smallest absolute Gasteiger partial charge is 0.258 e. The van der Waals surface area contributed by atoms with Gasteiger partial charge < -0.3 is 10.1 Å². The Morgan fingerprint density at radius 1 is 0.964 bits per heavy atom. The number of halogens is 1. The molecule has 0 aliphatic carbocycles. The second-order valence-electron chi connectivity index (χ2n) is 6.00. The third-order valence-corrected chi connectivity index (χ3v) is 4.84. The van der Waals surface area contributed by atoms with Gasteiger partial charge in [0.25, 0.3) is 5.91 Å². The largest absolute Gasteiger partial charge is 0.493 e. The standard InChI is InChI=1S/C22H19BrN2O2S/c23-20-12-5-4-11-19(20)21(26)25-22(28)24-17-9-6-10-18(15-17)27-14-13-16-7-2-1-3-8-16/h1-12,15H,13-14H2,(H2,24,25,26,28). The number of hydrogen-bond acceptors (Lipinski definition) is 3. The molecule has 0 unspecified atom stereocenters. The molecule has 0 radical (unpaired) electrons. The van der Waals surface area contributed by atoms with Crippen molar-refractivity contribution < 1.29 is 9.53 Å². The first-order valence-corrected chi connectivity index (χ1v) is 9.95. The molecule has 3 rings (SSSR count). The third kappa shape index (κ3) is 5.90. The summed E-state index contributed by atoms with van der Waals surface area (Å²) in [5.74, 6) is 0.459. The van der Waals surface area contributed by atoms with Crippen molar-refractivity contribution in [3.05, 3.63) is 94.5 Å². The number of benzene rings is 3. The molecule has 3 aromatic carbocycles. The molecule has 0 fully saturated rings. The van der Waals surface area contributed by atoms with Crippen molar-refractivity contribution in [2.75, 3.05) is 11.9 Å². The molecule has 4 nitrogen and oxygen atoms in total. The SMILES string of the molecule is O=C(NC(=S)Nc1cccc(OCCc2ccccc2)c1)c1ccccc1Br. The van der Waals surface area contributed by atoms with E-state index in [-0.39, 0.29) is 11.0 Å². The van der Waals surface area contributed by atoms with Gasteiger partial charge in [-0.1, -0.05) is 48.5 Å². The fourth-order valence-electron chi connectivity index (χ4n) is 2.57. The summed E-state index contributed by atoms with van der Waals surface area (Å²) in [4.78, 5) is 12.3. The summed E-state index contributed by atoms with van der Waals surface area (Å²) in [5, 5.41) is 5.92. The van der Waals surface area contributed by atoms with E-state index < -0.39 is 0 Å². The quantitative estimate of drug-likeness (QED) is 0.502. The minimum Gasteiger partial charge on any atom is -0.493 e. The Morgan fingerprint density at radius 3 is 2.50 bits per heavy atom. The van der Waals surface area contributed by atoms with E-state index in [0.29, 0.717) is 16.6 Å². The number of amides is 1. The minimum atomic E-state index is -0.278. The highest BCUT2D eigenvalue weighted by molar-refractivity contribution is 9.10. The van der Waals surface area contributed by atoms with Crippen LogP contribution in [0.5, 0.6) is 5.75 Å². The number of thiocarbonyl (C=S) groups is 1. The molecule has 0 aliphatic rings.